The van der Waals surface area contributed by atoms with Crippen LogP contribution in [0.3, 0.4) is 0 Å². The SMILES string of the molecule is CCNC(=NCc1ccco1)NCCN1C(=O)CCCC1=O. The van der Waals surface area contributed by atoms with Crippen molar-refractivity contribution in [3.8, 4) is 0 Å². The van der Waals surface area contributed by atoms with Crippen molar-refractivity contribution in [1.29, 1.82) is 0 Å². The highest BCUT2D eigenvalue weighted by Crippen LogP contribution is 2.11. The number of furan rings is 1. The van der Waals surface area contributed by atoms with Gasteiger partial charge in [0, 0.05) is 32.5 Å². The third-order valence-electron chi connectivity index (χ3n) is 3.33. The maximum atomic E-state index is 11.7. The van der Waals surface area contributed by atoms with Crippen LogP contribution in [0.15, 0.2) is 27.8 Å². The molecule has 22 heavy (non-hydrogen) atoms. The van der Waals surface area contributed by atoms with Crippen LogP contribution < -0.4 is 10.6 Å². The van der Waals surface area contributed by atoms with Crippen molar-refractivity contribution < 1.29 is 14.0 Å². The Bertz CT molecular complexity index is 509. The zero-order valence-electron chi connectivity index (χ0n) is 12.8. The number of hydrogen-bond acceptors (Lipinski definition) is 4. The van der Waals surface area contributed by atoms with Crippen molar-refractivity contribution in [3.63, 3.8) is 0 Å². The Morgan fingerprint density at radius 2 is 2.09 bits per heavy atom. The molecule has 1 aromatic rings. The van der Waals surface area contributed by atoms with Gasteiger partial charge in [-0.05, 0) is 25.5 Å². The molecule has 1 saturated heterocycles. The summed E-state index contributed by atoms with van der Waals surface area (Å²) in [6.07, 6.45) is 3.18. The van der Waals surface area contributed by atoms with Crippen LogP contribution in [0.2, 0.25) is 0 Å². The smallest absolute Gasteiger partial charge is 0.229 e. The van der Waals surface area contributed by atoms with E-state index in [2.05, 4.69) is 15.6 Å². The molecular formula is C15H22N4O3. The number of rotatable bonds is 6. The Morgan fingerprint density at radius 3 is 2.73 bits per heavy atom. The number of nitrogens with zero attached hydrogens (tertiary/aromatic N) is 2. The second kappa shape index (κ2) is 8.21. The van der Waals surface area contributed by atoms with Gasteiger partial charge in [0.15, 0.2) is 5.96 Å². The van der Waals surface area contributed by atoms with Crippen LogP contribution in [0.4, 0.5) is 0 Å². The third-order valence-corrected chi connectivity index (χ3v) is 3.33. The van der Waals surface area contributed by atoms with Gasteiger partial charge in [0.2, 0.25) is 11.8 Å². The van der Waals surface area contributed by atoms with Crippen LogP contribution in [0.25, 0.3) is 0 Å². The normalized spacial score (nSPS) is 16.0. The van der Waals surface area contributed by atoms with Crippen LogP contribution >= 0.6 is 0 Å². The minimum atomic E-state index is -0.0874. The fourth-order valence-electron chi connectivity index (χ4n) is 2.24. The predicted octanol–water partition coefficient (Wildman–Crippen LogP) is 0.874. The number of imide groups is 1. The van der Waals surface area contributed by atoms with E-state index in [0.29, 0.717) is 44.9 Å². The molecule has 2 rings (SSSR count). The highest BCUT2D eigenvalue weighted by Gasteiger charge is 2.25. The summed E-state index contributed by atoms with van der Waals surface area (Å²) in [5, 5.41) is 6.24. The first kappa shape index (κ1) is 16.1. The number of piperidine rings is 1. The van der Waals surface area contributed by atoms with Gasteiger partial charge in [-0.25, -0.2) is 4.99 Å². The van der Waals surface area contributed by atoms with E-state index in [-0.39, 0.29) is 11.8 Å². The van der Waals surface area contributed by atoms with Gasteiger partial charge in [0.25, 0.3) is 0 Å². The molecule has 1 fully saturated rings. The lowest BCUT2D eigenvalue weighted by atomic mass is 10.1. The number of amides is 2. The molecule has 0 spiro atoms. The Morgan fingerprint density at radius 1 is 1.32 bits per heavy atom. The summed E-state index contributed by atoms with van der Waals surface area (Å²) >= 11 is 0. The summed E-state index contributed by atoms with van der Waals surface area (Å²) in [5.41, 5.74) is 0. The maximum absolute atomic E-state index is 11.7. The van der Waals surface area contributed by atoms with Crippen LogP contribution in [0, 0.1) is 0 Å². The molecule has 1 aromatic heterocycles. The quantitative estimate of drug-likeness (QED) is 0.463. The van der Waals surface area contributed by atoms with E-state index in [0.717, 1.165) is 12.3 Å². The molecule has 0 atom stereocenters. The van der Waals surface area contributed by atoms with E-state index in [1.807, 2.05) is 19.1 Å². The first-order chi connectivity index (χ1) is 10.7. The summed E-state index contributed by atoms with van der Waals surface area (Å²) in [6, 6.07) is 3.68. The minimum absolute atomic E-state index is 0.0874. The molecule has 120 valence electrons. The van der Waals surface area contributed by atoms with Gasteiger partial charge in [-0.1, -0.05) is 0 Å². The van der Waals surface area contributed by atoms with Gasteiger partial charge in [-0.3, -0.25) is 14.5 Å². The second-order valence-corrected chi connectivity index (χ2v) is 4.99. The van der Waals surface area contributed by atoms with Crippen LogP contribution in [0.5, 0.6) is 0 Å². The highest BCUT2D eigenvalue weighted by atomic mass is 16.3. The molecule has 7 nitrogen and oxygen atoms in total. The number of carbonyl (C=O) groups is 2. The zero-order valence-corrected chi connectivity index (χ0v) is 12.8. The van der Waals surface area contributed by atoms with Crippen molar-refractivity contribution in [2.24, 2.45) is 4.99 Å². The summed E-state index contributed by atoms with van der Waals surface area (Å²) < 4.78 is 5.23. The van der Waals surface area contributed by atoms with E-state index in [4.69, 9.17) is 4.42 Å². The van der Waals surface area contributed by atoms with Gasteiger partial charge in [0.05, 0.1) is 6.26 Å². The van der Waals surface area contributed by atoms with Crippen molar-refractivity contribution in [2.45, 2.75) is 32.7 Å². The molecule has 0 aliphatic carbocycles. The second-order valence-electron chi connectivity index (χ2n) is 4.99. The Hall–Kier alpha value is -2.31. The topological polar surface area (TPSA) is 86.9 Å². The van der Waals surface area contributed by atoms with Crippen molar-refractivity contribution in [2.75, 3.05) is 19.6 Å². The number of carbonyl (C=O) groups excluding carboxylic acids is 2. The maximum Gasteiger partial charge on any atom is 0.229 e. The number of guanidine groups is 1. The lowest BCUT2D eigenvalue weighted by Crippen LogP contribution is -2.46. The fourth-order valence-corrected chi connectivity index (χ4v) is 2.24. The van der Waals surface area contributed by atoms with E-state index < -0.39 is 0 Å². The predicted molar refractivity (Wildman–Crippen MR) is 82.1 cm³/mol. The van der Waals surface area contributed by atoms with Crippen molar-refractivity contribution in [3.05, 3.63) is 24.2 Å². The molecule has 1 aliphatic rings. The zero-order chi connectivity index (χ0) is 15.8. The molecule has 0 aromatic carbocycles. The average molecular weight is 306 g/mol. The van der Waals surface area contributed by atoms with Crippen LogP contribution in [0.1, 0.15) is 31.9 Å². The lowest BCUT2D eigenvalue weighted by molar-refractivity contribution is -0.147. The number of likely N-dealkylation sites (tertiary alicyclic amines) is 1. The molecule has 2 heterocycles. The standard InChI is InChI=1S/C15H22N4O3/c1-2-16-15(18-11-12-5-4-10-22-12)17-8-9-19-13(20)6-3-7-14(19)21/h4-5,10H,2-3,6-9,11H2,1H3,(H2,16,17,18). The van der Waals surface area contributed by atoms with E-state index in [1.54, 1.807) is 6.26 Å². The van der Waals surface area contributed by atoms with E-state index >= 15 is 0 Å². The molecule has 0 radical (unpaired) electrons. The average Bonchev–Trinajstić information content (AvgIpc) is 3.01. The van der Waals surface area contributed by atoms with Gasteiger partial charge in [-0.15, -0.1) is 0 Å². The molecular weight excluding hydrogens is 284 g/mol. The monoisotopic (exact) mass is 306 g/mol. The van der Waals surface area contributed by atoms with Crippen LogP contribution in [-0.2, 0) is 16.1 Å². The first-order valence-electron chi connectivity index (χ1n) is 7.58. The van der Waals surface area contributed by atoms with Gasteiger partial charge in [-0.2, -0.15) is 0 Å². The van der Waals surface area contributed by atoms with Gasteiger partial charge < -0.3 is 15.1 Å². The molecule has 2 amide bonds. The first-order valence-corrected chi connectivity index (χ1v) is 7.58. The van der Waals surface area contributed by atoms with E-state index in [1.165, 1.54) is 4.90 Å². The van der Waals surface area contributed by atoms with E-state index in [9.17, 15) is 9.59 Å². The van der Waals surface area contributed by atoms with Gasteiger partial charge >= 0.3 is 0 Å². The number of nitrogens with one attached hydrogen (secondary N) is 2. The summed E-state index contributed by atoms with van der Waals surface area (Å²) in [5.74, 6) is 1.24. The van der Waals surface area contributed by atoms with Crippen LogP contribution in [-0.4, -0.2) is 42.3 Å². The molecule has 0 bridgehead atoms. The Balaban J connectivity index is 1.82. The molecule has 0 unspecified atom stereocenters. The van der Waals surface area contributed by atoms with Gasteiger partial charge in [0.1, 0.15) is 12.3 Å². The number of hydrogen-bond donors (Lipinski definition) is 2. The highest BCUT2D eigenvalue weighted by molar-refractivity contribution is 5.97. The van der Waals surface area contributed by atoms with Crippen molar-refractivity contribution in [1.82, 2.24) is 15.5 Å². The molecule has 0 saturated carbocycles. The summed E-state index contributed by atoms with van der Waals surface area (Å²) in [7, 11) is 0. The third kappa shape index (κ3) is 4.61. The largest absolute Gasteiger partial charge is 0.467 e. The number of aliphatic imine (C=N–C) groups is 1. The Kier molecular flexibility index (Phi) is 6.00. The fraction of sp³-hybridized carbons (Fsp3) is 0.533. The molecule has 7 heteroatoms. The summed E-state index contributed by atoms with van der Waals surface area (Å²) in [6.45, 7) is 3.97. The van der Waals surface area contributed by atoms with Crippen molar-refractivity contribution >= 4 is 17.8 Å². The molecule has 2 N–H and O–H groups in total. The minimum Gasteiger partial charge on any atom is -0.467 e. The summed E-state index contributed by atoms with van der Waals surface area (Å²) in [4.78, 5) is 29.1. The molecule has 1 aliphatic heterocycles. The Labute approximate surface area is 129 Å². The lowest BCUT2D eigenvalue weighted by Gasteiger charge is -2.25.